The molecule has 4 nitrogen and oxygen atoms in total. The standard InChI is InChI=1S/C15H22N4/c1-4-13-11-18(3)8-5-9-19(13)15-14(10-16)12(2)6-7-17-15/h6-7,13H,4-5,8-9,11H2,1-3H3. The molecule has 0 saturated carbocycles. The van der Waals surface area contributed by atoms with Crippen molar-refractivity contribution in [1.82, 2.24) is 9.88 Å². The smallest absolute Gasteiger partial charge is 0.147 e. The summed E-state index contributed by atoms with van der Waals surface area (Å²) in [4.78, 5) is 9.18. The zero-order valence-electron chi connectivity index (χ0n) is 12.1. The quantitative estimate of drug-likeness (QED) is 0.815. The summed E-state index contributed by atoms with van der Waals surface area (Å²) in [6, 6.07) is 4.67. The van der Waals surface area contributed by atoms with Crippen LogP contribution in [0.3, 0.4) is 0 Å². The fraction of sp³-hybridized carbons (Fsp3) is 0.600. The van der Waals surface area contributed by atoms with Gasteiger partial charge in [-0.1, -0.05) is 6.92 Å². The van der Waals surface area contributed by atoms with Crippen LogP contribution in [-0.2, 0) is 0 Å². The van der Waals surface area contributed by atoms with E-state index < -0.39 is 0 Å². The zero-order chi connectivity index (χ0) is 13.8. The lowest BCUT2D eigenvalue weighted by Crippen LogP contribution is -2.40. The second kappa shape index (κ2) is 6.03. The van der Waals surface area contributed by atoms with Gasteiger partial charge in [0.1, 0.15) is 11.9 Å². The van der Waals surface area contributed by atoms with Gasteiger partial charge in [0.25, 0.3) is 0 Å². The Hall–Kier alpha value is -1.60. The fourth-order valence-electron chi connectivity index (χ4n) is 2.77. The number of pyridine rings is 1. The number of likely N-dealkylation sites (N-methyl/N-ethyl adjacent to an activating group) is 1. The van der Waals surface area contributed by atoms with Gasteiger partial charge < -0.3 is 9.80 Å². The van der Waals surface area contributed by atoms with Crippen molar-refractivity contribution in [3.8, 4) is 6.07 Å². The first-order valence-corrected chi connectivity index (χ1v) is 6.98. The van der Waals surface area contributed by atoms with Gasteiger partial charge in [-0.25, -0.2) is 4.98 Å². The molecule has 0 aliphatic carbocycles. The molecule has 4 heteroatoms. The molecule has 1 atom stereocenters. The summed E-state index contributed by atoms with van der Waals surface area (Å²) in [7, 11) is 2.17. The lowest BCUT2D eigenvalue weighted by molar-refractivity contribution is 0.327. The molecule has 1 aliphatic rings. The van der Waals surface area contributed by atoms with Crippen molar-refractivity contribution in [2.45, 2.75) is 32.7 Å². The first kappa shape index (κ1) is 13.8. The number of nitrogens with zero attached hydrogens (tertiary/aromatic N) is 4. The minimum atomic E-state index is 0.439. The van der Waals surface area contributed by atoms with E-state index in [-0.39, 0.29) is 0 Å². The van der Waals surface area contributed by atoms with E-state index in [0.717, 1.165) is 49.4 Å². The number of aromatic nitrogens is 1. The predicted octanol–water partition coefficient (Wildman–Crippen LogP) is 2.18. The van der Waals surface area contributed by atoms with Crippen LogP contribution in [0.25, 0.3) is 0 Å². The zero-order valence-corrected chi connectivity index (χ0v) is 12.1. The Bertz CT molecular complexity index is 478. The van der Waals surface area contributed by atoms with Crippen LogP contribution >= 0.6 is 0 Å². The highest BCUT2D eigenvalue weighted by molar-refractivity contribution is 5.57. The molecule has 0 spiro atoms. The predicted molar refractivity (Wildman–Crippen MR) is 77.2 cm³/mol. The maximum Gasteiger partial charge on any atom is 0.147 e. The molecule has 0 aromatic carbocycles. The molecule has 19 heavy (non-hydrogen) atoms. The molecule has 2 heterocycles. The van der Waals surface area contributed by atoms with Crippen molar-refractivity contribution in [2.24, 2.45) is 0 Å². The minimum absolute atomic E-state index is 0.439. The maximum atomic E-state index is 9.38. The fourth-order valence-corrected chi connectivity index (χ4v) is 2.77. The van der Waals surface area contributed by atoms with E-state index in [2.05, 4.69) is 34.8 Å². The highest BCUT2D eigenvalue weighted by atomic mass is 15.3. The third kappa shape index (κ3) is 2.87. The Balaban J connectivity index is 2.38. The maximum absolute atomic E-state index is 9.38. The number of hydrogen-bond acceptors (Lipinski definition) is 4. The van der Waals surface area contributed by atoms with Gasteiger partial charge in [-0.15, -0.1) is 0 Å². The Labute approximate surface area is 115 Å². The summed E-state index contributed by atoms with van der Waals surface area (Å²) in [5, 5.41) is 9.38. The third-order valence-corrected chi connectivity index (χ3v) is 3.90. The minimum Gasteiger partial charge on any atom is -0.351 e. The van der Waals surface area contributed by atoms with Crippen molar-refractivity contribution in [1.29, 1.82) is 5.26 Å². The van der Waals surface area contributed by atoms with Crippen LogP contribution in [0.15, 0.2) is 12.3 Å². The van der Waals surface area contributed by atoms with Crippen LogP contribution in [0.4, 0.5) is 5.82 Å². The number of aryl methyl sites for hydroxylation is 1. The summed E-state index contributed by atoms with van der Waals surface area (Å²) < 4.78 is 0. The van der Waals surface area contributed by atoms with Crippen molar-refractivity contribution < 1.29 is 0 Å². The number of nitriles is 1. The molecular formula is C15H22N4. The van der Waals surface area contributed by atoms with Crippen LogP contribution in [0.2, 0.25) is 0 Å². The van der Waals surface area contributed by atoms with E-state index >= 15 is 0 Å². The lowest BCUT2D eigenvalue weighted by Gasteiger charge is -2.32. The van der Waals surface area contributed by atoms with Gasteiger partial charge in [-0.2, -0.15) is 5.26 Å². The Morgan fingerprint density at radius 2 is 2.26 bits per heavy atom. The second-order valence-electron chi connectivity index (χ2n) is 5.31. The molecule has 0 bridgehead atoms. The normalized spacial score (nSPS) is 20.9. The molecular weight excluding hydrogens is 236 g/mol. The van der Waals surface area contributed by atoms with E-state index in [1.165, 1.54) is 0 Å². The van der Waals surface area contributed by atoms with Gasteiger partial charge in [0.15, 0.2) is 0 Å². The van der Waals surface area contributed by atoms with Gasteiger partial charge in [0.2, 0.25) is 0 Å². The second-order valence-corrected chi connectivity index (χ2v) is 5.31. The van der Waals surface area contributed by atoms with Crippen LogP contribution in [0, 0.1) is 18.3 Å². The van der Waals surface area contributed by atoms with Gasteiger partial charge in [0.05, 0.1) is 5.56 Å². The molecule has 2 rings (SSSR count). The Morgan fingerprint density at radius 3 is 2.95 bits per heavy atom. The molecule has 1 unspecified atom stereocenters. The first-order chi connectivity index (χ1) is 9.17. The van der Waals surface area contributed by atoms with Crippen molar-refractivity contribution in [3.63, 3.8) is 0 Å². The lowest BCUT2D eigenvalue weighted by atomic mass is 10.1. The molecule has 0 N–H and O–H groups in total. The molecule has 1 aromatic heterocycles. The summed E-state index contributed by atoms with van der Waals surface area (Å²) in [6.45, 7) is 7.32. The van der Waals surface area contributed by atoms with Gasteiger partial charge >= 0.3 is 0 Å². The number of rotatable bonds is 2. The topological polar surface area (TPSA) is 43.2 Å². The summed E-state index contributed by atoms with van der Waals surface area (Å²) in [6.07, 6.45) is 4.01. The molecule has 0 radical (unpaired) electrons. The van der Waals surface area contributed by atoms with Crippen LogP contribution in [0.1, 0.15) is 30.9 Å². The highest BCUT2D eigenvalue weighted by Crippen LogP contribution is 2.25. The molecule has 102 valence electrons. The van der Waals surface area contributed by atoms with Crippen molar-refractivity contribution in [3.05, 3.63) is 23.4 Å². The monoisotopic (exact) mass is 258 g/mol. The molecule has 1 aliphatic heterocycles. The van der Waals surface area contributed by atoms with E-state index in [1.807, 2.05) is 19.2 Å². The number of anilines is 1. The van der Waals surface area contributed by atoms with E-state index in [9.17, 15) is 5.26 Å². The number of hydrogen-bond donors (Lipinski definition) is 0. The summed E-state index contributed by atoms with van der Waals surface area (Å²) >= 11 is 0. The van der Waals surface area contributed by atoms with Crippen LogP contribution in [-0.4, -0.2) is 42.6 Å². The van der Waals surface area contributed by atoms with Crippen molar-refractivity contribution >= 4 is 5.82 Å². The van der Waals surface area contributed by atoms with Gasteiger partial charge in [-0.05, 0) is 45.0 Å². The average Bonchev–Trinajstić information content (AvgIpc) is 2.59. The van der Waals surface area contributed by atoms with E-state index in [1.54, 1.807) is 0 Å². The summed E-state index contributed by atoms with van der Waals surface area (Å²) in [5.74, 6) is 0.865. The third-order valence-electron chi connectivity index (χ3n) is 3.90. The van der Waals surface area contributed by atoms with Gasteiger partial charge in [0, 0.05) is 25.3 Å². The molecule has 0 amide bonds. The van der Waals surface area contributed by atoms with Crippen LogP contribution in [0.5, 0.6) is 0 Å². The van der Waals surface area contributed by atoms with Crippen molar-refractivity contribution in [2.75, 3.05) is 31.6 Å². The van der Waals surface area contributed by atoms with Crippen LogP contribution < -0.4 is 4.90 Å². The van der Waals surface area contributed by atoms with E-state index in [4.69, 9.17) is 0 Å². The van der Waals surface area contributed by atoms with E-state index in [0.29, 0.717) is 6.04 Å². The molecule has 1 fully saturated rings. The largest absolute Gasteiger partial charge is 0.351 e. The Morgan fingerprint density at radius 1 is 1.47 bits per heavy atom. The molecule has 1 aromatic rings. The summed E-state index contributed by atoms with van der Waals surface area (Å²) in [5.41, 5.74) is 1.74. The van der Waals surface area contributed by atoms with Gasteiger partial charge in [-0.3, -0.25) is 0 Å². The highest BCUT2D eigenvalue weighted by Gasteiger charge is 2.25. The average molecular weight is 258 g/mol. The Kier molecular flexibility index (Phi) is 4.39. The SMILES string of the molecule is CCC1CN(C)CCCN1c1nccc(C)c1C#N. The molecule has 1 saturated heterocycles. The first-order valence-electron chi connectivity index (χ1n) is 6.98.